The third kappa shape index (κ3) is 1.57. The van der Waals surface area contributed by atoms with Gasteiger partial charge in [0.2, 0.25) is 0 Å². The second kappa shape index (κ2) is 3.39. The zero-order valence-corrected chi connectivity index (χ0v) is 9.01. The van der Waals surface area contributed by atoms with Crippen LogP contribution in [0.3, 0.4) is 0 Å². The third-order valence-electron chi connectivity index (χ3n) is 3.05. The topological polar surface area (TPSA) is 37.3 Å². The van der Waals surface area contributed by atoms with Gasteiger partial charge in [0.05, 0.1) is 5.41 Å². The molecule has 0 saturated heterocycles. The number of hydrogen-bond donors (Lipinski definition) is 1. The summed E-state index contributed by atoms with van der Waals surface area (Å²) in [4.78, 5) is 11.2. The first kappa shape index (κ1) is 9.71. The van der Waals surface area contributed by atoms with E-state index >= 15 is 0 Å². The Bertz CT molecular complexity index is 323. The average Bonchev–Trinajstić information content (AvgIpc) is 2.53. The maximum atomic E-state index is 11.2. The minimum absolute atomic E-state index is 0.458. The van der Waals surface area contributed by atoms with Crippen molar-refractivity contribution in [3.63, 3.8) is 0 Å². The summed E-state index contributed by atoms with van der Waals surface area (Å²) in [7, 11) is 0. The summed E-state index contributed by atoms with van der Waals surface area (Å²) in [6.07, 6.45) is 2.37. The highest BCUT2D eigenvalue weighted by atomic mass is 32.1. The van der Waals surface area contributed by atoms with E-state index in [1.54, 1.807) is 11.3 Å². The van der Waals surface area contributed by atoms with Crippen LogP contribution in [0.25, 0.3) is 0 Å². The molecule has 1 aliphatic carbocycles. The monoisotopic (exact) mass is 210 g/mol. The van der Waals surface area contributed by atoms with Crippen molar-refractivity contribution in [1.29, 1.82) is 0 Å². The fraction of sp³-hybridized carbons (Fsp3) is 0.545. The molecule has 0 aliphatic heterocycles. The van der Waals surface area contributed by atoms with Crippen molar-refractivity contribution in [3.05, 3.63) is 22.4 Å². The molecule has 0 spiro atoms. The lowest BCUT2D eigenvalue weighted by Gasteiger charge is -2.42. The summed E-state index contributed by atoms with van der Waals surface area (Å²) in [5.74, 6) is -0.0495. The summed E-state index contributed by atoms with van der Waals surface area (Å²) < 4.78 is 0. The van der Waals surface area contributed by atoms with Crippen LogP contribution in [0.15, 0.2) is 16.8 Å². The van der Waals surface area contributed by atoms with Gasteiger partial charge in [0.15, 0.2) is 0 Å². The number of hydrogen-bond acceptors (Lipinski definition) is 2. The summed E-state index contributed by atoms with van der Waals surface area (Å²) >= 11 is 1.63. The van der Waals surface area contributed by atoms with Gasteiger partial charge in [-0.15, -0.1) is 0 Å². The Hall–Kier alpha value is -0.830. The standard InChI is InChI=1S/C11H14O2S/c1-8-4-11(5-8,10(12)13)6-9-2-3-14-7-9/h2-3,7-8H,4-6H2,1H3,(H,12,13). The Balaban J connectivity index is 2.10. The molecule has 2 nitrogen and oxygen atoms in total. The fourth-order valence-electron chi connectivity index (χ4n) is 2.45. The molecule has 1 saturated carbocycles. The SMILES string of the molecule is CC1CC(Cc2ccsc2)(C(=O)O)C1. The lowest BCUT2D eigenvalue weighted by atomic mass is 9.60. The van der Waals surface area contributed by atoms with Crippen LogP contribution in [0.5, 0.6) is 0 Å². The molecule has 1 aromatic rings. The van der Waals surface area contributed by atoms with Crippen LogP contribution >= 0.6 is 11.3 Å². The summed E-state index contributed by atoms with van der Waals surface area (Å²) in [5, 5.41) is 13.3. The van der Waals surface area contributed by atoms with Gasteiger partial charge in [-0.2, -0.15) is 11.3 Å². The van der Waals surface area contributed by atoms with Crippen LogP contribution in [0.4, 0.5) is 0 Å². The molecule has 0 bridgehead atoms. The highest BCUT2D eigenvalue weighted by Crippen LogP contribution is 2.48. The van der Waals surface area contributed by atoms with Crippen molar-refractivity contribution >= 4 is 17.3 Å². The molecular formula is C11H14O2S. The molecule has 1 aliphatic rings. The molecule has 1 heterocycles. The Morgan fingerprint density at radius 2 is 2.43 bits per heavy atom. The zero-order valence-electron chi connectivity index (χ0n) is 8.19. The van der Waals surface area contributed by atoms with E-state index in [-0.39, 0.29) is 0 Å². The van der Waals surface area contributed by atoms with Crippen LogP contribution in [0.1, 0.15) is 25.3 Å². The predicted molar refractivity (Wildman–Crippen MR) is 56.5 cm³/mol. The highest BCUT2D eigenvalue weighted by molar-refractivity contribution is 7.07. The molecular weight excluding hydrogens is 196 g/mol. The maximum Gasteiger partial charge on any atom is 0.309 e. The number of aliphatic carboxylic acids is 1. The first-order chi connectivity index (χ1) is 6.62. The highest BCUT2D eigenvalue weighted by Gasteiger charge is 2.48. The molecule has 2 rings (SSSR count). The van der Waals surface area contributed by atoms with Crippen molar-refractivity contribution in [2.45, 2.75) is 26.2 Å². The summed E-state index contributed by atoms with van der Waals surface area (Å²) in [6, 6.07) is 2.03. The lowest BCUT2D eigenvalue weighted by Crippen LogP contribution is -2.44. The molecule has 1 N–H and O–H groups in total. The van der Waals surface area contributed by atoms with Gasteiger partial charge in [-0.05, 0) is 47.6 Å². The van der Waals surface area contributed by atoms with Crippen molar-refractivity contribution in [3.8, 4) is 0 Å². The summed E-state index contributed by atoms with van der Waals surface area (Å²) in [5.41, 5.74) is 0.713. The van der Waals surface area contributed by atoms with Gasteiger partial charge < -0.3 is 5.11 Å². The van der Waals surface area contributed by atoms with Crippen LogP contribution in [0, 0.1) is 11.3 Å². The van der Waals surface area contributed by atoms with Crippen molar-refractivity contribution in [2.75, 3.05) is 0 Å². The van der Waals surface area contributed by atoms with E-state index < -0.39 is 11.4 Å². The molecule has 3 heteroatoms. The Morgan fingerprint density at radius 3 is 2.86 bits per heavy atom. The van der Waals surface area contributed by atoms with E-state index in [1.807, 2.05) is 16.8 Å². The van der Waals surface area contributed by atoms with E-state index in [9.17, 15) is 9.90 Å². The summed E-state index contributed by atoms with van der Waals surface area (Å²) in [6.45, 7) is 2.12. The molecule has 0 aromatic carbocycles. The van der Waals surface area contributed by atoms with E-state index in [0.29, 0.717) is 12.3 Å². The smallest absolute Gasteiger partial charge is 0.309 e. The zero-order chi connectivity index (χ0) is 10.2. The van der Waals surface area contributed by atoms with Gasteiger partial charge in [0.1, 0.15) is 0 Å². The van der Waals surface area contributed by atoms with Gasteiger partial charge in [0, 0.05) is 0 Å². The molecule has 0 radical (unpaired) electrons. The van der Waals surface area contributed by atoms with Crippen molar-refractivity contribution < 1.29 is 9.90 Å². The number of carboxylic acid groups (broad SMARTS) is 1. The van der Waals surface area contributed by atoms with E-state index in [1.165, 1.54) is 5.56 Å². The van der Waals surface area contributed by atoms with Gasteiger partial charge in [-0.1, -0.05) is 6.92 Å². The quantitative estimate of drug-likeness (QED) is 0.833. The van der Waals surface area contributed by atoms with Crippen LogP contribution in [0.2, 0.25) is 0 Å². The second-order valence-corrected chi connectivity index (χ2v) is 5.19. The molecule has 1 aromatic heterocycles. The Labute approximate surface area is 87.6 Å². The Morgan fingerprint density at radius 1 is 1.71 bits per heavy atom. The minimum Gasteiger partial charge on any atom is -0.481 e. The normalized spacial score (nSPS) is 31.1. The van der Waals surface area contributed by atoms with Gasteiger partial charge in [-0.25, -0.2) is 0 Å². The first-order valence-corrected chi connectivity index (χ1v) is 5.81. The van der Waals surface area contributed by atoms with Crippen LogP contribution in [-0.4, -0.2) is 11.1 Å². The van der Waals surface area contributed by atoms with Gasteiger partial charge >= 0.3 is 5.97 Å². The number of carbonyl (C=O) groups is 1. The molecule has 0 amide bonds. The van der Waals surface area contributed by atoms with Gasteiger partial charge in [-0.3, -0.25) is 4.79 Å². The predicted octanol–water partition coefficient (Wildman–Crippen LogP) is 2.79. The lowest BCUT2D eigenvalue weighted by molar-refractivity contribution is -0.157. The van der Waals surface area contributed by atoms with Crippen LogP contribution < -0.4 is 0 Å². The molecule has 1 fully saturated rings. The minimum atomic E-state index is -0.623. The molecule has 76 valence electrons. The number of carboxylic acids is 1. The van der Waals surface area contributed by atoms with Crippen molar-refractivity contribution in [2.24, 2.45) is 11.3 Å². The number of thiophene rings is 1. The molecule has 0 atom stereocenters. The van der Waals surface area contributed by atoms with Crippen molar-refractivity contribution in [1.82, 2.24) is 0 Å². The maximum absolute atomic E-state index is 11.2. The second-order valence-electron chi connectivity index (χ2n) is 4.41. The van der Waals surface area contributed by atoms with Gasteiger partial charge in [0.25, 0.3) is 0 Å². The number of rotatable bonds is 3. The average molecular weight is 210 g/mol. The van der Waals surface area contributed by atoms with E-state index in [4.69, 9.17) is 0 Å². The molecule has 14 heavy (non-hydrogen) atoms. The van der Waals surface area contributed by atoms with Crippen LogP contribution in [-0.2, 0) is 11.2 Å². The fourth-order valence-corrected chi connectivity index (χ4v) is 3.12. The third-order valence-corrected chi connectivity index (χ3v) is 3.79. The molecule has 0 unspecified atom stereocenters. The first-order valence-electron chi connectivity index (χ1n) is 4.87. The van der Waals surface area contributed by atoms with E-state index in [2.05, 4.69) is 6.92 Å². The largest absolute Gasteiger partial charge is 0.481 e. The van der Waals surface area contributed by atoms with E-state index in [0.717, 1.165) is 12.8 Å². The Kier molecular flexibility index (Phi) is 2.35.